The zero-order valence-electron chi connectivity index (χ0n) is 9.82. The van der Waals surface area contributed by atoms with Crippen LogP contribution in [0.25, 0.3) is 0 Å². The molecule has 16 heavy (non-hydrogen) atoms. The van der Waals surface area contributed by atoms with Gasteiger partial charge in [-0.25, -0.2) is 4.98 Å². The van der Waals surface area contributed by atoms with E-state index in [0.29, 0.717) is 18.9 Å². The summed E-state index contributed by atoms with van der Waals surface area (Å²) in [7, 11) is 0. The molecule has 0 fully saturated rings. The molecule has 0 aliphatic heterocycles. The molecule has 0 saturated heterocycles. The van der Waals surface area contributed by atoms with Gasteiger partial charge in [-0.3, -0.25) is 4.79 Å². The molecule has 2 N–H and O–H groups in total. The van der Waals surface area contributed by atoms with Crippen molar-refractivity contribution >= 4 is 17.2 Å². The van der Waals surface area contributed by atoms with Gasteiger partial charge in [0.1, 0.15) is 0 Å². The number of nitrogens with one attached hydrogen (secondary N) is 2. The van der Waals surface area contributed by atoms with Gasteiger partial charge in [-0.2, -0.15) is 0 Å². The standard InChI is InChI=1S/C11H19N3OS/c1-9(2)5-13-11(15)3-4-12-6-10-7-16-8-14-10/h7-9,12H,3-6H2,1-2H3,(H,13,15). The predicted octanol–water partition coefficient (Wildman–Crippen LogP) is 1.39. The van der Waals surface area contributed by atoms with E-state index in [0.717, 1.165) is 18.8 Å². The minimum Gasteiger partial charge on any atom is -0.356 e. The van der Waals surface area contributed by atoms with Crippen molar-refractivity contribution in [3.8, 4) is 0 Å². The summed E-state index contributed by atoms with van der Waals surface area (Å²) in [6, 6.07) is 0. The van der Waals surface area contributed by atoms with Crippen LogP contribution in [-0.4, -0.2) is 24.0 Å². The lowest BCUT2D eigenvalue weighted by Gasteiger charge is -2.07. The van der Waals surface area contributed by atoms with Crippen molar-refractivity contribution in [3.05, 3.63) is 16.6 Å². The minimum atomic E-state index is 0.111. The number of aromatic nitrogens is 1. The Hall–Kier alpha value is -0.940. The van der Waals surface area contributed by atoms with Gasteiger partial charge in [-0.05, 0) is 5.92 Å². The summed E-state index contributed by atoms with van der Waals surface area (Å²) in [6.07, 6.45) is 0.525. The van der Waals surface area contributed by atoms with Gasteiger partial charge in [0.2, 0.25) is 5.91 Å². The Morgan fingerprint density at radius 1 is 1.56 bits per heavy atom. The molecule has 0 spiro atoms. The number of carbonyl (C=O) groups is 1. The quantitative estimate of drug-likeness (QED) is 0.709. The first-order chi connectivity index (χ1) is 7.68. The monoisotopic (exact) mass is 241 g/mol. The third-order valence-electron chi connectivity index (χ3n) is 2.03. The van der Waals surface area contributed by atoms with Crippen molar-refractivity contribution in [2.45, 2.75) is 26.8 Å². The maximum absolute atomic E-state index is 11.3. The normalized spacial score (nSPS) is 10.7. The van der Waals surface area contributed by atoms with Crippen molar-refractivity contribution in [1.29, 1.82) is 0 Å². The van der Waals surface area contributed by atoms with Gasteiger partial charge in [0.15, 0.2) is 0 Å². The second-order valence-electron chi connectivity index (χ2n) is 4.10. The molecule has 90 valence electrons. The number of rotatable bonds is 7. The van der Waals surface area contributed by atoms with Gasteiger partial charge in [-0.1, -0.05) is 13.8 Å². The Morgan fingerprint density at radius 3 is 3.00 bits per heavy atom. The Balaban J connectivity index is 2.00. The van der Waals surface area contributed by atoms with Gasteiger partial charge in [-0.15, -0.1) is 11.3 Å². The first-order valence-electron chi connectivity index (χ1n) is 5.53. The Bertz CT molecular complexity index is 298. The molecule has 1 aromatic rings. The average Bonchev–Trinajstić information content (AvgIpc) is 2.74. The van der Waals surface area contributed by atoms with Gasteiger partial charge in [0.25, 0.3) is 0 Å². The Labute approximate surface area is 100 Å². The van der Waals surface area contributed by atoms with Gasteiger partial charge in [0.05, 0.1) is 11.2 Å². The molecule has 1 rings (SSSR count). The summed E-state index contributed by atoms with van der Waals surface area (Å²) in [6.45, 7) is 6.36. The van der Waals surface area contributed by atoms with Crippen LogP contribution < -0.4 is 10.6 Å². The number of hydrogen-bond acceptors (Lipinski definition) is 4. The number of carbonyl (C=O) groups excluding carboxylic acids is 1. The Morgan fingerprint density at radius 2 is 2.38 bits per heavy atom. The molecular weight excluding hydrogens is 222 g/mol. The van der Waals surface area contributed by atoms with E-state index in [-0.39, 0.29) is 5.91 Å². The molecule has 0 radical (unpaired) electrons. The zero-order valence-corrected chi connectivity index (χ0v) is 10.6. The van der Waals surface area contributed by atoms with Crippen LogP contribution in [0.5, 0.6) is 0 Å². The zero-order chi connectivity index (χ0) is 11.8. The predicted molar refractivity (Wildman–Crippen MR) is 66.3 cm³/mol. The second-order valence-corrected chi connectivity index (χ2v) is 4.82. The molecule has 5 heteroatoms. The topological polar surface area (TPSA) is 54.0 Å². The van der Waals surface area contributed by atoms with Crippen LogP contribution in [0.15, 0.2) is 10.9 Å². The number of amides is 1. The molecule has 0 atom stereocenters. The summed E-state index contributed by atoms with van der Waals surface area (Å²) >= 11 is 1.58. The lowest BCUT2D eigenvalue weighted by Crippen LogP contribution is -2.30. The number of nitrogens with zero attached hydrogens (tertiary/aromatic N) is 1. The third-order valence-corrected chi connectivity index (χ3v) is 2.66. The average molecular weight is 241 g/mol. The van der Waals surface area contributed by atoms with E-state index in [2.05, 4.69) is 29.5 Å². The van der Waals surface area contributed by atoms with Gasteiger partial charge < -0.3 is 10.6 Å². The molecule has 1 aromatic heterocycles. The highest BCUT2D eigenvalue weighted by atomic mass is 32.1. The SMILES string of the molecule is CC(C)CNC(=O)CCNCc1cscn1. The van der Waals surface area contributed by atoms with Crippen LogP contribution in [0.2, 0.25) is 0 Å². The van der Waals surface area contributed by atoms with Crippen LogP contribution >= 0.6 is 11.3 Å². The van der Waals surface area contributed by atoms with E-state index in [1.54, 1.807) is 11.3 Å². The van der Waals surface area contributed by atoms with Crippen molar-refractivity contribution in [2.75, 3.05) is 13.1 Å². The molecule has 1 amide bonds. The highest BCUT2D eigenvalue weighted by Gasteiger charge is 2.01. The molecule has 0 aromatic carbocycles. The van der Waals surface area contributed by atoms with Gasteiger partial charge in [0, 0.05) is 31.4 Å². The smallest absolute Gasteiger partial charge is 0.221 e. The van der Waals surface area contributed by atoms with Crippen LogP contribution in [0, 0.1) is 5.92 Å². The minimum absolute atomic E-state index is 0.111. The Kier molecular flexibility index (Phi) is 6.03. The highest BCUT2D eigenvalue weighted by Crippen LogP contribution is 1.99. The second kappa shape index (κ2) is 7.35. The lowest BCUT2D eigenvalue weighted by molar-refractivity contribution is -0.121. The summed E-state index contributed by atoms with van der Waals surface area (Å²) in [5.41, 5.74) is 2.85. The summed E-state index contributed by atoms with van der Waals surface area (Å²) < 4.78 is 0. The fourth-order valence-corrected chi connectivity index (χ4v) is 1.71. The molecule has 1 heterocycles. The molecule has 0 unspecified atom stereocenters. The van der Waals surface area contributed by atoms with Crippen molar-refractivity contribution < 1.29 is 4.79 Å². The van der Waals surface area contributed by atoms with Crippen molar-refractivity contribution in [3.63, 3.8) is 0 Å². The van der Waals surface area contributed by atoms with E-state index < -0.39 is 0 Å². The number of thiazole rings is 1. The summed E-state index contributed by atoms with van der Waals surface area (Å²) in [4.78, 5) is 15.5. The molecule has 0 bridgehead atoms. The third kappa shape index (κ3) is 5.82. The van der Waals surface area contributed by atoms with Crippen LogP contribution in [-0.2, 0) is 11.3 Å². The van der Waals surface area contributed by atoms with E-state index in [4.69, 9.17) is 0 Å². The van der Waals surface area contributed by atoms with Crippen LogP contribution in [0.3, 0.4) is 0 Å². The van der Waals surface area contributed by atoms with E-state index in [1.165, 1.54) is 0 Å². The van der Waals surface area contributed by atoms with Crippen molar-refractivity contribution in [1.82, 2.24) is 15.6 Å². The number of hydrogen-bond donors (Lipinski definition) is 2. The molecular formula is C11H19N3OS. The van der Waals surface area contributed by atoms with Crippen molar-refractivity contribution in [2.24, 2.45) is 5.92 Å². The fourth-order valence-electron chi connectivity index (χ4n) is 1.15. The summed E-state index contributed by atoms with van der Waals surface area (Å²) in [5, 5.41) is 8.08. The van der Waals surface area contributed by atoms with E-state index >= 15 is 0 Å². The van der Waals surface area contributed by atoms with E-state index in [9.17, 15) is 4.79 Å². The molecule has 0 aliphatic carbocycles. The highest BCUT2D eigenvalue weighted by molar-refractivity contribution is 7.07. The molecule has 4 nitrogen and oxygen atoms in total. The van der Waals surface area contributed by atoms with Crippen LogP contribution in [0.4, 0.5) is 0 Å². The van der Waals surface area contributed by atoms with E-state index in [1.807, 2.05) is 10.9 Å². The molecule has 0 aliphatic rings. The summed E-state index contributed by atoms with van der Waals surface area (Å²) in [5.74, 6) is 0.617. The first-order valence-corrected chi connectivity index (χ1v) is 6.47. The lowest BCUT2D eigenvalue weighted by atomic mass is 10.2. The maximum atomic E-state index is 11.3. The fraction of sp³-hybridized carbons (Fsp3) is 0.636. The molecule has 0 saturated carbocycles. The van der Waals surface area contributed by atoms with Gasteiger partial charge >= 0.3 is 0 Å². The largest absolute Gasteiger partial charge is 0.356 e. The maximum Gasteiger partial charge on any atom is 0.221 e. The van der Waals surface area contributed by atoms with Crippen LogP contribution in [0.1, 0.15) is 26.0 Å². The first kappa shape index (κ1) is 13.1.